The normalized spacial score (nSPS) is 22.7. The highest BCUT2D eigenvalue weighted by atomic mass is 79.9. The van der Waals surface area contributed by atoms with Crippen molar-refractivity contribution in [3.63, 3.8) is 0 Å². The molecule has 2 aromatic rings. The number of rotatable bonds is 1. The third-order valence-electron chi connectivity index (χ3n) is 4.54. The van der Waals surface area contributed by atoms with Crippen LogP contribution in [-0.4, -0.2) is 20.5 Å². The Morgan fingerprint density at radius 2 is 2.08 bits per heavy atom. The summed E-state index contributed by atoms with van der Waals surface area (Å²) in [4.78, 5) is 16.3. The van der Waals surface area contributed by atoms with E-state index in [1.54, 1.807) is 18.2 Å². The number of Topliss-reactive ketones (excluding diaryl/α,β-unsaturated/α-hetero) is 1. The zero-order valence-electron chi connectivity index (χ0n) is 13.6. The minimum Gasteiger partial charge on any atom is -0.328 e. The van der Waals surface area contributed by atoms with Gasteiger partial charge in [-0.3, -0.25) is 4.79 Å². The van der Waals surface area contributed by atoms with Crippen LogP contribution >= 0.6 is 15.9 Å². The molecule has 2 aliphatic rings. The lowest BCUT2D eigenvalue weighted by molar-refractivity contribution is -0.145. The van der Waals surface area contributed by atoms with Crippen molar-refractivity contribution in [1.29, 1.82) is 0 Å². The van der Waals surface area contributed by atoms with Gasteiger partial charge < -0.3 is 5.32 Å². The molecule has 0 spiro atoms. The molecule has 1 aromatic carbocycles. The summed E-state index contributed by atoms with van der Waals surface area (Å²) in [6.07, 6.45) is -3.72. The molecular formula is C17H14BrF3N4O. The van der Waals surface area contributed by atoms with E-state index in [1.807, 2.05) is 13.0 Å². The van der Waals surface area contributed by atoms with E-state index < -0.39 is 18.0 Å². The molecular weight excluding hydrogens is 413 g/mol. The van der Waals surface area contributed by atoms with Crippen LogP contribution in [0.2, 0.25) is 0 Å². The molecule has 0 bridgehead atoms. The molecule has 5 nitrogen and oxygen atoms in total. The molecule has 4 rings (SSSR count). The molecule has 1 aliphatic heterocycles. The number of allylic oxidation sites excluding steroid dienone is 2. The molecule has 0 amide bonds. The van der Waals surface area contributed by atoms with Crippen molar-refractivity contribution in [2.45, 2.75) is 32.0 Å². The highest BCUT2D eigenvalue weighted by molar-refractivity contribution is 9.10. The van der Waals surface area contributed by atoms with Crippen molar-refractivity contribution >= 4 is 27.7 Å². The van der Waals surface area contributed by atoms with Gasteiger partial charge in [-0.1, -0.05) is 35.0 Å². The lowest BCUT2D eigenvalue weighted by atomic mass is 9.81. The van der Waals surface area contributed by atoms with E-state index in [1.165, 1.54) is 0 Å². The van der Waals surface area contributed by atoms with Gasteiger partial charge in [0.05, 0.1) is 0 Å². The van der Waals surface area contributed by atoms with Crippen LogP contribution in [0.4, 0.5) is 19.1 Å². The first kappa shape index (κ1) is 17.3. The molecule has 0 saturated heterocycles. The van der Waals surface area contributed by atoms with Gasteiger partial charge in [0.1, 0.15) is 6.04 Å². The van der Waals surface area contributed by atoms with Gasteiger partial charge in [0, 0.05) is 22.2 Å². The first-order valence-corrected chi connectivity index (χ1v) is 8.86. The monoisotopic (exact) mass is 426 g/mol. The van der Waals surface area contributed by atoms with Gasteiger partial charge in [-0.15, -0.1) is 5.10 Å². The zero-order valence-corrected chi connectivity index (χ0v) is 15.2. The van der Waals surface area contributed by atoms with Crippen molar-refractivity contribution in [3.8, 4) is 0 Å². The minimum absolute atomic E-state index is 0.00273. The molecule has 1 aliphatic carbocycles. The highest BCUT2D eigenvalue weighted by Crippen LogP contribution is 2.42. The molecule has 0 radical (unpaired) electrons. The van der Waals surface area contributed by atoms with E-state index >= 15 is 0 Å². The van der Waals surface area contributed by atoms with Gasteiger partial charge in [-0.05, 0) is 30.0 Å². The summed E-state index contributed by atoms with van der Waals surface area (Å²) in [5.41, 5.74) is 1.77. The number of halogens is 4. The number of alkyl halides is 3. The number of hydrogen-bond acceptors (Lipinski definition) is 4. The number of hydrogen-bond donors (Lipinski definition) is 1. The first-order valence-electron chi connectivity index (χ1n) is 8.06. The Hall–Kier alpha value is -2.16. The number of benzene rings is 1. The number of ketones is 1. The molecule has 9 heteroatoms. The summed E-state index contributed by atoms with van der Waals surface area (Å²) in [6, 6.07) is 6.41. The summed E-state index contributed by atoms with van der Waals surface area (Å²) in [5, 5.41) is 6.57. The van der Waals surface area contributed by atoms with Crippen molar-refractivity contribution in [2.75, 3.05) is 5.32 Å². The van der Waals surface area contributed by atoms with Crippen LogP contribution in [0.25, 0.3) is 0 Å². The first-order chi connectivity index (χ1) is 12.2. The van der Waals surface area contributed by atoms with Crippen LogP contribution in [-0.2, 0) is 11.0 Å². The number of nitrogens with zero attached hydrogens (tertiary/aromatic N) is 3. The number of carbonyl (C=O) groups excluding carboxylic acids is 1. The fraction of sp³-hybridized carbons (Fsp3) is 0.353. The van der Waals surface area contributed by atoms with E-state index in [9.17, 15) is 18.0 Å². The Kier molecular flexibility index (Phi) is 3.94. The van der Waals surface area contributed by atoms with Crippen LogP contribution < -0.4 is 5.32 Å². The smallest absolute Gasteiger partial charge is 0.328 e. The predicted octanol–water partition coefficient (Wildman–Crippen LogP) is 4.33. The van der Waals surface area contributed by atoms with E-state index in [2.05, 4.69) is 31.3 Å². The van der Waals surface area contributed by atoms with E-state index in [-0.39, 0.29) is 17.6 Å². The SMILES string of the molecule is C[C@@H]1CC(=O)C2=C(C1)Nc1nc(C(F)(F)F)nn1[C@@H]2c1cccc(Br)c1. The van der Waals surface area contributed by atoms with Crippen LogP contribution in [0.3, 0.4) is 0 Å². The van der Waals surface area contributed by atoms with Gasteiger partial charge in [-0.2, -0.15) is 18.2 Å². The third-order valence-corrected chi connectivity index (χ3v) is 5.04. The summed E-state index contributed by atoms with van der Waals surface area (Å²) < 4.78 is 41.3. The van der Waals surface area contributed by atoms with Gasteiger partial charge >= 0.3 is 6.18 Å². The summed E-state index contributed by atoms with van der Waals surface area (Å²) in [7, 11) is 0. The molecule has 1 N–H and O–H groups in total. The Bertz CT molecular complexity index is 934. The maximum absolute atomic E-state index is 13.1. The average molecular weight is 427 g/mol. The molecule has 2 heterocycles. The van der Waals surface area contributed by atoms with Crippen LogP contribution in [0, 0.1) is 5.92 Å². The molecule has 2 atom stereocenters. The maximum Gasteiger partial charge on any atom is 0.453 e. The zero-order chi connectivity index (χ0) is 18.6. The lowest BCUT2D eigenvalue weighted by Crippen LogP contribution is -2.33. The molecule has 0 saturated carbocycles. The summed E-state index contributed by atoms with van der Waals surface area (Å²) >= 11 is 3.38. The molecule has 0 fully saturated rings. The number of fused-ring (bicyclic) bond motifs is 1. The Labute approximate surface area is 155 Å². The van der Waals surface area contributed by atoms with Crippen molar-refractivity contribution in [2.24, 2.45) is 5.92 Å². The Morgan fingerprint density at radius 1 is 1.31 bits per heavy atom. The maximum atomic E-state index is 13.1. The predicted molar refractivity (Wildman–Crippen MR) is 91.4 cm³/mol. The highest BCUT2D eigenvalue weighted by Gasteiger charge is 2.42. The summed E-state index contributed by atoms with van der Waals surface area (Å²) in [6.45, 7) is 1.94. The number of nitrogens with one attached hydrogen (secondary N) is 1. The van der Waals surface area contributed by atoms with Crippen LogP contribution in [0.15, 0.2) is 40.0 Å². The Balaban J connectivity index is 1.92. The Morgan fingerprint density at radius 3 is 2.77 bits per heavy atom. The van der Waals surface area contributed by atoms with Crippen LogP contribution in [0.1, 0.15) is 37.2 Å². The fourth-order valence-corrected chi connectivity index (χ4v) is 3.93. The minimum atomic E-state index is -4.66. The van der Waals surface area contributed by atoms with Gasteiger partial charge in [0.25, 0.3) is 5.82 Å². The van der Waals surface area contributed by atoms with Gasteiger partial charge in [0.15, 0.2) is 5.78 Å². The summed E-state index contributed by atoms with van der Waals surface area (Å²) in [5.74, 6) is -1.18. The standard InChI is InChI=1S/C17H14BrF3N4O/c1-8-5-11-13(12(26)6-8)14(9-3-2-4-10(18)7-9)25-16(22-11)23-15(24-25)17(19,20)21/h2-4,7-8,14H,5-6H2,1H3,(H,22,23,24)/t8-,14+/m0/s1. The number of aromatic nitrogens is 3. The van der Waals surface area contributed by atoms with Crippen molar-refractivity contribution in [3.05, 3.63) is 51.4 Å². The number of anilines is 1. The van der Waals surface area contributed by atoms with Crippen molar-refractivity contribution < 1.29 is 18.0 Å². The van der Waals surface area contributed by atoms with Gasteiger partial charge in [0.2, 0.25) is 5.95 Å². The van der Waals surface area contributed by atoms with Gasteiger partial charge in [-0.25, -0.2) is 4.68 Å². The van der Waals surface area contributed by atoms with Crippen molar-refractivity contribution in [1.82, 2.24) is 14.8 Å². The topological polar surface area (TPSA) is 59.8 Å². The lowest BCUT2D eigenvalue weighted by Gasteiger charge is -2.34. The second-order valence-electron chi connectivity index (χ2n) is 6.61. The van der Waals surface area contributed by atoms with E-state index in [0.717, 1.165) is 9.15 Å². The average Bonchev–Trinajstić information content (AvgIpc) is 2.96. The van der Waals surface area contributed by atoms with E-state index in [0.29, 0.717) is 29.7 Å². The third kappa shape index (κ3) is 2.84. The fourth-order valence-electron chi connectivity index (χ4n) is 3.51. The molecule has 0 unspecified atom stereocenters. The number of carbonyl (C=O) groups is 1. The van der Waals surface area contributed by atoms with Crippen LogP contribution in [0.5, 0.6) is 0 Å². The second kappa shape index (κ2) is 5.94. The second-order valence-corrected chi connectivity index (χ2v) is 7.53. The molecule has 1 aromatic heterocycles. The van der Waals surface area contributed by atoms with E-state index in [4.69, 9.17) is 0 Å². The molecule has 26 heavy (non-hydrogen) atoms. The molecule has 136 valence electrons. The largest absolute Gasteiger partial charge is 0.453 e. The quantitative estimate of drug-likeness (QED) is 0.737.